The monoisotopic (exact) mass is 341 g/mol. The fraction of sp³-hybridized carbons (Fsp3) is 0.368. The SMILES string of the molecule is COCC(C)n1c(-c2cc(C)c(=O)n(C)c2)nc2cc(CO)ccc21. The number of aliphatic hydroxyl groups is 1. The van der Waals surface area contributed by atoms with E-state index in [-0.39, 0.29) is 18.2 Å². The topological polar surface area (TPSA) is 69.3 Å². The van der Waals surface area contributed by atoms with Gasteiger partial charge in [-0.25, -0.2) is 4.98 Å². The molecule has 1 N–H and O–H groups in total. The van der Waals surface area contributed by atoms with Gasteiger partial charge in [0.15, 0.2) is 0 Å². The molecule has 2 heterocycles. The van der Waals surface area contributed by atoms with Crippen LogP contribution in [0.2, 0.25) is 0 Å². The molecule has 6 nitrogen and oxygen atoms in total. The van der Waals surface area contributed by atoms with Crippen LogP contribution < -0.4 is 5.56 Å². The summed E-state index contributed by atoms with van der Waals surface area (Å²) < 4.78 is 9.04. The Hall–Kier alpha value is -2.44. The van der Waals surface area contributed by atoms with Crippen molar-refractivity contribution in [3.05, 3.63) is 51.9 Å². The minimum atomic E-state index is -0.0231. The van der Waals surface area contributed by atoms with Gasteiger partial charge in [-0.05, 0) is 37.6 Å². The zero-order valence-corrected chi connectivity index (χ0v) is 15.0. The quantitative estimate of drug-likeness (QED) is 0.774. The number of benzene rings is 1. The Labute approximate surface area is 146 Å². The molecule has 1 atom stereocenters. The van der Waals surface area contributed by atoms with Gasteiger partial charge >= 0.3 is 0 Å². The molecule has 132 valence electrons. The molecule has 0 aliphatic heterocycles. The first kappa shape index (κ1) is 17.4. The van der Waals surface area contributed by atoms with Crippen molar-refractivity contribution in [1.29, 1.82) is 0 Å². The highest BCUT2D eigenvalue weighted by molar-refractivity contribution is 5.81. The number of fused-ring (bicyclic) bond motifs is 1. The largest absolute Gasteiger partial charge is 0.392 e. The summed E-state index contributed by atoms with van der Waals surface area (Å²) in [6.07, 6.45) is 1.81. The standard InChI is InChI=1S/C19H23N3O3/c1-12-7-15(9-21(3)19(12)24)18-20-16-8-14(10-23)5-6-17(16)22(18)13(2)11-25-4/h5-9,13,23H,10-11H2,1-4H3. The first-order valence-electron chi connectivity index (χ1n) is 8.24. The number of pyridine rings is 1. The molecule has 1 aromatic carbocycles. The van der Waals surface area contributed by atoms with Crippen LogP contribution in [0.5, 0.6) is 0 Å². The molecule has 0 fully saturated rings. The number of hydrogen-bond acceptors (Lipinski definition) is 4. The van der Waals surface area contributed by atoms with Gasteiger partial charge < -0.3 is 19.0 Å². The summed E-state index contributed by atoms with van der Waals surface area (Å²) in [6, 6.07) is 7.70. The van der Waals surface area contributed by atoms with E-state index in [9.17, 15) is 9.90 Å². The summed E-state index contributed by atoms with van der Waals surface area (Å²) in [7, 11) is 3.42. The van der Waals surface area contributed by atoms with E-state index in [1.54, 1.807) is 31.8 Å². The number of hydrogen-bond donors (Lipinski definition) is 1. The fourth-order valence-corrected chi connectivity index (χ4v) is 3.21. The van der Waals surface area contributed by atoms with Crippen LogP contribution in [0.3, 0.4) is 0 Å². The van der Waals surface area contributed by atoms with Gasteiger partial charge in [-0.15, -0.1) is 0 Å². The van der Waals surface area contributed by atoms with Crippen molar-refractivity contribution in [2.75, 3.05) is 13.7 Å². The van der Waals surface area contributed by atoms with Crippen molar-refractivity contribution < 1.29 is 9.84 Å². The Kier molecular flexibility index (Phi) is 4.74. The molecule has 2 aromatic heterocycles. The van der Waals surface area contributed by atoms with Crippen LogP contribution in [0.1, 0.15) is 24.1 Å². The second kappa shape index (κ2) is 6.82. The van der Waals surface area contributed by atoms with E-state index in [1.807, 2.05) is 24.3 Å². The summed E-state index contributed by atoms with van der Waals surface area (Å²) in [4.78, 5) is 16.8. The lowest BCUT2D eigenvalue weighted by Gasteiger charge is -2.17. The third kappa shape index (κ3) is 3.10. The minimum absolute atomic E-state index is 0.0149. The molecule has 0 bridgehead atoms. The Morgan fingerprint density at radius 2 is 2.08 bits per heavy atom. The lowest BCUT2D eigenvalue weighted by atomic mass is 10.2. The highest BCUT2D eigenvalue weighted by Crippen LogP contribution is 2.29. The van der Waals surface area contributed by atoms with Crippen LogP contribution in [0.4, 0.5) is 0 Å². The lowest BCUT2D eigenvalue weighted by Crippen LogP contribution is -2.19. The molecule has 0 saturated carbocycles. The molecule has 0 radical (unpaired) electrons. The minimum Gasteiger partial charge on any atom is -0.392 e. The van der Waals surface area contributed by atoms with E-state index < -0.39 is 0 Å². The summed E-state index contributed by atoms with van der Waals surface area (Å²) in [6.45, 7) is 4.40. The van der Waals surface area contributed by atoms with Crippen LogP contribution in [-0.2, 0) is 18.4 Å². The molecule has 1 unspecified atom stereocenters. The first-order valence-corrected chi connectivity index (χ1v) is 8.24. The second-order valence-corrected chi connectivity index (χ2v) is 6.42. The molecule has 0 amide bonds. The van der Waals surface area contributed by atoms with Crippen molar-refractivity contribution in [1.82, 2.24) is 14.1 Å². The van der Waals surface area contributed by atoms with Crippen molar-refractivity contribution in [3.8, 4) is 11.4 Å². The van der Waals surface area contributed by atoms with Crippen LogP contribution in [0.25, 0.3) is 22.4 Å². The molecule has 0 aliphatic rings. The number of aryl methyl sites for hydroxylation is 2. The highest BCUT2D eigenvalue weighted by atomic mass is 16.5. The number of rotatable bonds is 5. The normalized spacial score (nSPS) is 12.7. The maximum atomic E-state index is 12.0. The molecule has 3 rings (SSSR count). The fourth-order valence-electron chi connectivity index (χ4n) is 3.21. The zero-order valence-electron chi connectivity index (χ0n) is 15.0. The van der Waals surface area contributed by atoms with E-state index in [0.717, 1.165) is 28.0 Å². The lowest BCUT2D eigenvalue weighted by molar-refractivity contribution is 0.164. The number of aliphatic hydroxyl groups excluding tert-OH is 1. The van der Waals surface area contributed by atoms with Crippen LogP contribution in [0, 0.1) is 6.92 Å². The maximum absolute atomic E-state index is 12.0. The Morgan fingerprint density at radius 3 is 2.72 bits per heavy atom. The van der Waals surface area contributed by atoms with Gasteiger partial charge in [-0.2, -0.15) is 0 Å². The Balaban J connectivity index is 2.29. The van der Waals surface area contributed by atoms with E-state index in [0.29, 0.717) is 12.2 Å². The van der Waals surface area contributed by atoms with Gasteiger partial charge in [-0.1, -0.05) is 6.07 Å². The zero-order chi connectivity index (χ0) is 18.1. The van der Waals surface area contributed by atoms with Gasteiger partial charge in [0.05, 0.1) is 30.3 Å². The van der Waals surface area contributed by atoms with E-state index in [4.69, 9.17) is 9.72 Å². The van der Waals surface area contributed by atoms with Crippen molar-refractivity contribution in [3.63, 3.8) is 0 Å². The van der Waals surface area contributed by atoms with E-state index >= 15 is 0 Å². The molecule has 6 heteroatoms. The Bertz CT molecular complexity index is 946. The second-order valence-electron chi connectivity index (χ2n) is 6.42. The number of ether oxygens (including phenoxy) is 1. The molecular weight excluding hydrogens is 318 g/mol. The van der Waals surface area contributed by atoms with Crippen LogP contribution >= 0.6 is 0 Å². The number of aromatic nitrogens is 3. The Morgan fingerprint density at radius 1 is 1.32 bits per heavy atom. The van der Waals surface area contributed by atoms with Crippen molar-refractivity contribution >= 4 is 11.0 Å². The van der Waals surface area contributed by atoms with Crippen molar-refractivity contribution in [2.24, 2.45) is 7.05 Å². The van der Waals surface area contributed by atoms with Gasteiger partial charge in [0.2, 0.25) is 0 Å². The smallest absolute Gasteiger partial charge is 0.253 e. The highest BCUT2D eigenvalue weighted by Gasteiger charge is 2.18. The summed E-state index contributed by atoms with van der Waals surface area (Å²) >= 11 is 0. The molecule has 0 spiro atoms. The van der Waals surface area contributed by atoms with Crippen molar-refractivity contribution in [2.45, 2.75) is 26.5 Å². The average Bonchev–Trinajstić information content (AvgIpc) is 2.97. The van der Waals surface area contributed by atoms with Gasteiger partial charge in [-0.3, -0.25) is 4.79 Å². The van der Waals surface area contributed by atoms with Crippen LogP contribution in [0.15, 0.2) is 35.3 Å². The third-order valence-corrected chi connectivity index (χ3v) is 4.41. The molecular formula is C19H23N3O3. The number of methoxy groups -OCH3 is 1. The predicted octanol–water partition coefficient (Wildman–Crippen LogP) is 2.41. The van der Waals surface area contributed by atoms with Gasteiger partial charge in [0.1, 0.15) is 5.82 Å². The first-order chi connectivity index (χ1) is 12.0. The van der Waals surface area contributed by atoms with Gasteiger partial charge in [0, 0.05) is 31.5 Å². The summed E-state index contributed by atoms with van der Waals surface area (Å²) in [5.41, 5.74) is 4.15. The summed E-state index contributed by atoms with van der Waals surface area (Å²) in [5, 5.41) is 9.39. The molecule has 3 aromatic rings. The number of nitrogens with zero attached hydrogens (tertiary/aromatic N) is 3. The predicted molar refractivity (Wildman–Crippen MR) is 97.7 cm³/mol. The molecule has 0 aliphatic carbocycles. The molecule has 25 heavy (non-hydrogen) atoms. The van der Waals surface area contributed by atoms with Gasteiger partial charge in [0.25, 0.3) is 5.56 Å². The van der Waals surface area contributed by atoms with E-state index in [1.165, 1.54) is 0 Å². The third-order valence-electron chi connectivity index (χ3n) is 4.41. The maximum Gasteiger partial charge on any atom is 0.253 e. The van der Waals surface area contributed by atoms with E-state index in [2.05, 4.69) is 11.5 Å². The molecule has 0 saturated heterocycles. The summed E-state index contributed by atoms with van der Waals surface area (Å²) in [5.74, 6) is 0.785. The average molecular weight is 341 g/mol. The van der Waals surface area contributed by atoms with Crippen LogP contribution in [-0.4, -0.2) is 32.9 Å². The number of imidazole rings is 1.